The second-order valence-electron chi connectivity index (χ2n) is 4.35. The van der Waals surface area contributed by atoms with E-state index >= 15 is 0 Å². The fourth-order valence-corrected chi connectivity index (χ4v) is 2.31. The van der Waals surface area contributed by atoms with Gasteiger partial charge < -0.3 is 0 Å². The van der Waals surface area contributed by atoms with Crippen LogP contribution in [0.2, 0.25) is 0 Å². The smallest absolute Gasteiger partial charge is 0.148 e. The van der Waals surface area contributed by atoms with E-state index in [1.165, 1.54) is 5.56 Å². The summed E-state index contributed by atoms with van der Waals surface area (Å²) in [5.74, 6) is 0.366. The standard InChI is InChI=1S/C13H17NO/c1-10-8-13(15)9-14(10)11(2)12-6-4-3-5-7-12/h3-7,10-11H,8-9H2,1-2H3. The average molecular weight is 203 g/mol. The third-order valence-corrected chi connectivity index (χ3v) is 3.23. The SMILES string of the molecule is CC1CC(=O)CN1C(C)c1ccccc1. The number of hydrogen-bond acceptors (Lipinski definition) is 2. The Bertz CT molecular complexity index is 347. The van der Waals surface area contributed by atoms with Crippen LogP contribution < -0.4 is 0 Å². The van der Waals surface area contributed by atoms with Crippen molar-refractivity contribution in [3.8, 4) is 0 Å². The van der Waals surface area contributed by atoms with Gasteiger partial charge in [-0.15, -0.1) is 0 Å². The van der Waals surface area contributed by atoms with E-state index in [1.807, 2.05) is 18.2 Å². The lowest BCUT2D eigenvalue weighted by atomic mass is 10.1. The van der Waals surface area contributed by atoms with Gasteiger partial charge in [0.1, 0.15) is 5.78 Å². The minimum atomic E-state index is 0.340. The Kier molecular flexibility index (Phi) is 2.87. The predicted molar refractivity (Wildman–Crippen MR) is 60.6 cm³/mol. The summed E-state index contributed by atoms with van der Waals surface area (Å²) in [6.45, 7) is 4.91. The molecule has 1 aliphatic heterocycles. The highest BCUT2D eigenvalue weighted by molar-refractivity contribution is 5.83. The summed E-state index contributed by atoms with van der Waals surface area (Å²) in [6, 6.07) is 11.1. The van der Waals surface area contributed by atoms with Crippen LogP contribution in [0.4, 0.5) is 0 Å². The molecule has 0 radical (unpaired) electrons. The second kappa shape index (κ2) is 4.15. The number of hydrogen-bond donors (Lipinski definition) is 0. The zero-order valence-electron chi connectivity index (χ0n) is 9.31. The summed E-state index contributed by atoms with van der Waals surface area (Å²) in [5.41, 5.74) is 1.29. The van der Waals surface area contributed by atoms with Gasteiger partial charge in [0.05, 0.1) is 6.54 Å². The zero-order valence-corrected chi connectivity index (χ0v) is 9.31. The van der Waals surface area contributed by atoms with Crippen LogP contribution in [0.1, 0.15) is 31.9 Å². The molecule has 1 aromatic carbocycles. The molecule has 0 saturated carbocycles. The van der Waals surface area contributed by atoms with Gasteiger partial charge in [-0.1, -0.05) is 30.3 Å². The van der Waals surface area contributed by atoms with Crippen molar-refractivity contribution in [2.45, 2.75) is 32.4 Å². The number of ketones is 1. The van der Waals surface area contributed by atoms with E-state index in [9.17, 15) is 4.79 Å². The van der Waals surface area contributed by atoms with Gasteiger partial charge in [-0.3, -0.25) is 9.69 Å². The third kappa shape index (κ3) is 2.10. The van der Waals surface area contributed by atoms with Gasteiger partial charge in [0, 0.05) is 18.5 Å². The Morgan fingerprint density at radius 3 is 2.53 bits per heavy atom. The van der Waals surface area contributed by atoms with Crippen LogP contribution in [0.3, 0.4) is 0 Å². The summed E-state index contributed by atoms with van der Waals surface area (Å²) in [4.78, 5) is 13.6. The molecule has 0 aliphatic carbocycles. The molecule has 1 heterocycles. The topological polar surface area (TPSA) is 20.3 Å². The van der Waals surface area contributed by atoms with Crippen molar-refractivity contribution in [3.63, 3.8) is 0 Å². The number of rotatable bonds is 2. The highest BCUT2D eigenvalue weighted by Gasteiger charge is 2.30. The Morgan fingerprint density at radius 1 is 1.33 bits per heavy atom. The molecule has 0 aromatic heterocycles. The van der Waals surface area contributed by atoms with Gasteiger partial charge in [0.2, 0.25) is 0 Å². The van der Waals surface area contributed by atoms with Crippen molar-refractivity contribution in [1.29, 1.82) is 0 Å². The molecule has 15 heavy (non-hydrogen) atoms. The van der Waals surface area contributed by atoms with Crippen molar-refractivity contribution >= 4 is 5.78 Å². The van der Waals surface area contributed by atoms with Crippen LogP contribution in [-0.4, -0.2) is 23.3 Å². The first kappa shape index (κ1) is 10.4. The van der Waals surface area contributed by atoms with E-state index < -0.39 is 0 Å². The maximum Gasteiger partial charge on any atom is 0.148 e. The van der Waals surface area contributed by atoms with Crippen LogP contribution in [0, 0.1) is 0 Å². The molecule has 2 heteroatoms. The molecule has 0 spiro atoms. The van der Waals surface area contributed by atoms with Crippen molar-refractivity contribution in [2.24, 2.45) is 0 Å². The van der Waals surface area contributed by atoms with Crippen molar-refractivity contribution in [3.05, 3.63) is 35.9 Å². The first-order chi connectivity index (χ1) is 7.18. The lowest BCUT2D eigenvalue weighted by Gasteiger charge is -2.27. The first-order valence-electron chi connectivity index (χ1n) is 5.51. The predicted octanol–water partition coefficient (Wildman–Crippen LogP) is 2.41. The van der Waals surface area contributed by atoms with Crippen LogP contribution in [0.5, 0.6) is 0 Å². The zero-order chi connectivity index (χ0) is 10.8. The quantitative estimate of drug-likeness (QED) is 0.735. The van der Waals surface area contributed by atoms with Crippen LogP contribution >= 0.6 is 0 Å². The Morgan fingerprint density at radius 2 is 2.00 bits per heavy atom. The van der Waals surface area contributed by atoms with Gasteiger partial charge >= 0.3 is 0 Å². The summed E-state index contributed by atoms with van der Waals surface area (Å²) in [7, 11) is 0. The summed E-state index contributed by atoms with van der Waals surface area (Å²) < 4.78 is 0. The van der Waals surface area contributed by atoms with Crippen LogP contribution in [0.15, 0.2) is 30.3 Å². The van der Waals surface area contributed by atoms with E-state index in [0.29, 0.717) is 30.8 Å². The highest BCUT2D eigenvalue weighted by atomic mass is 16.1. The maximum atomic E-state index is 11.4. The Balaban J connectivity index is 2.15. The molecule has 2 atom stereocenters. The molecule has 1 fully saturated rings. The first-order valence-corrected chi connectivity index (χ1v) is 5.51. The fraction of sp³-hybridized carbons (Fsp3) is 0.462. The molecule has 0 amide bonds. The lowest BCUT2D eigenvalue weighted by Crippen LogP contribution is -2.30. The van der Waals surface area contributed by atoms with Gasteiger partial charge in [-0.25, -0.2) is 0 Å². The Labute approximate surface area is 90.9 Å². The summed E-state index contributed by atoms with van der Waals surface area (Å²) >= 11 is 0. The number of benzene rings is 1. The molecule has 0 N–H and O–H groups in total. The van der Waals surface area contributed by atoms with Gasteiger partial charge in [0.15, 0.2) is 0 Å². The van der Waals surface area contributed by atoms with E-state index in [-0.39, 0.29) is 0 Å². The van der Waals surface area contributed by atoms with Gasteiger partial charge in [-0.2, -0.15) is 0 Å². The van der Waals surface area contributed by atoms with Crippen LogP contribution in [0.25, 0.3) is 0 Å². The fourth-order valence-electron chi connectivity index (χ4n) is 2.31. The summed E-state index contributed by atoms with van der Waals surface area (Å²) in [6.07, 6.45) is 0.706. The normalized spacial score (nSPS) is 24.4. The van der Waals surface area contributed by atoms with E-state index in [2.05, 4.69) is 30.9 Å². The average Bonchev–Trinajstić information content (AvgIpc) is 2.58. The maximum absolute atomic E-state index is 11.4. The minimum Gasteiger partial charge on any atom is -0.298 e. The molecule has 2 rings (SSSR count). The molecule has 0 bridgehead atoms. The molecule has 2 nitrogen and oxygen atoms in total. The molecular weight excluding hydrogens is 186 g/mol. The summed E-state index contributed by atoms with van der Waals surface area (Å²) in [5, 5.41) is 0. The number of carbonyl (C=O) groups excluding carboxylic acids is 1. The number of nitrogens with zero attached hydrogens (tertiary/aromatic N) is 1. The van der Waals surface area contributed by atoms with E-state index in [1.54, 1.807) is 0 Å². The molecule has 1 aliphatic rings. The molecule has 2 unspecified atom stereocenters. The van der Waals surface area contributed by atoms with Crippen LogP contribution in [-0.2, 0) is 4.79 Å². The lowest BCUT2D eigenvalue weighted by molar-refractivity contribution is -0.117. The van der Waals surface area contributed by atoms with E-state index in [4.69, 9.17) is 0 Å². The van der Waals surface area contributed by atoms with Gasteiger partial charge in [0.25, 0.3) is 0 Å². The van der Waals surface area contributed by atoms with Gasteiger partial charge in [-0.05, 0) is 19.4 Å². The number of carbonyl (C=O) groups is 1. The number of Topliss-reactive ketones (excluding diaryl/α,β-unsaturated/α-hetero) is 1. The monoisotopic (exact) mass is 203 g/mol. The van der Waals surface area contributed by atoms with Crippen molar-refractivity contribution < 1.29 is 4.79 Å². The second-order valence-corrected chi connectivity index (χ2v) is 4.35. The minimum absolute atomic E-state index is 0.340. The van der Waals surface area contributed by atoms with Crippen molar-refractivity contribution in [2.75, 3.05) is 6.54 Å². The third-order valence-electron chi connectivity index (χ3n) is 3.23. The van der Waals surface area contributed by atoms with Crippen molar-refractivity contribution in [1.82, 2.24) is 4.90 Å². The molecular formula is C13H17NO. The largest absolute Gasteiger partial charge is 0.298 e. The molecule has 1 aromatic rings. The number of likely N-dealkylation sites (tertiary alicyclic amines) is 1. The highest BCUT2D eigenvalue weighted by Crippen LogP contribution is 2.27. The molecule has 1 saturated heterocycles. The van der Waals surface area contributed by atoms with E-state index in [0.717, 1.165) is 0 Å². The molecule has 80 valence electrons. The Hall–Kier alpha value is -1.15.